The number of aromatic nitrogens is 4. The van der Waals surface area contributed by atoms with Gasteiger partial charge in [-0.25, -0.2) is 15.0 Å². The molecule has 0 aliphatic heterocycles. The van der Waals surface area contributed by atoms with E-state index in [1.54, 1.807) is 0 Å². The molecular formula is C55H34N4O. The Bertz CT molecular complexity index is 3520. The van der Waals surface area contributed by atoms with Crippen LogP contribution in [0, 0.1) is 0 Å². The number of hydrogen-bond donors (Lipinski definition) is 0. The van der Waals surface area contributed by atoms with Crippen LogP contribution in [0.25, 0.3) is 117 Å². The Kier molecular flexibility index (Phi) is 7.78. The lowest BCUT2D eigenvalue weighted by Gasteiger charge is -2.14. The predicted octanol–water partition coefficient (Wildman–Crippen LogP) is 14.4. The van der Waals surface area contributed by atoms with E-state index in [4.69, 9.17) is 19.4 Å². The number of furan rings is 1. The number of para-hydroxylation sites is 1. The van der Waals surface area contributed by atoms with Gasteiger partial charge in [-0.15, -0.1) is 0 Å². The third-order valence-corrected chi connectivity index (χ3v) is 11.6. The van der Waals surface area contributed by atoms with Crippen molar-refractivity contribution in [1.82, 2.24) is 19.5 Å². The Hall–Kier alpha value is -8.15. The van der Waals surface area contributed by atoms with E-state index in [0.29, 0.717) is 17.5 Å². The molecule has 0 bridgehead atoms. The molecule has 0 spiro atoms. The van der Waals surface area contributed by atoms with Crippen molar-refractivity contribution in [3.8, 4) is 62.1 Å². The van der Waals surface area contributed by atoms with E-state index in [1.165, 1.54) is 32.7 Å². The molecule has 0 fully saturated rings. The van der Waals surface area contributed by atoms with Gasteiger partial charge in [-0.2, -0.15) is 0 Å². The Morgan fingerprint density at radius 1 is 0.317 bits per heavy atom. The first kappa shape index (κ1) is 33.9. The van der Waals surface area contributed by atoms with Gasteiger partial charge in [0, 0.05) is 44.3 Å². The van der Waals surface area contributed by atoms with Crippen molar-refractivity contribution in [2.75, 3.05) is 0 Å². The molecule has 3 heterocycles. The van der Waals surface area contributed by atoms with Crippen LogP contribution in [0.3, 0.4) is 0 Å². The summed E-state index contributed by atoms with van der Waals surface area (Å²) >= 11 is 0. The predicted molar refractivity (Wildman–Crippen MR) is 246 cm³/mol. The monoisotopic (exact) mass is 766 g/mol. The second kappa shape index (κ2) is 13.8. The van der Waals surface area contributed by atoms with Gasteiger partial charge in [-0.3, -0.25) is 0 Å². The number of hydrogen-bond acceptors (Lipinski definition) is 4. The van der Waals surface area contributed by atoms with Crippen LogP contribution in [0.4, 0.5) is 0 Å². The molecule has 3 aromatic heterocycles. The molecule has 0 N–H and O–H groups in total. The SMILES string of the molecule is c1ccc(-c2nc(-c3ccccc3)nc(-c3ccc4c(c3)oc3cc(-n5c6ccccc6c6c7ccccc7c(-c7ccccc7)cc65)cc(-c5ccccc5)c34)n2)cc1. The molecule has 0 saturated heterocycles. The average Bonchev–Trinajstić information content (AvgIpc) is 3.87. The number of benzene rings is 9. The molecule has 0 atom stereocenters. The lowest BCUT2D eigenvalue weighted by atomic mass is 9.95. The second-order valence-electron chi connectivity index (χ2n) is 15.2. The summed E-state index contributed by atoms with van der Waals surface area (Å²) in [5.41, 5.74) is 12.2. The average molecular weight is 767 g/mol. The van der Waals surface area contributed by atoms with Gasteiger partial charge >= 0.3 is 0 Å². The Labute approximate surface area is 345 Å². The van der Waals surface area contributed by atoms with Crippen molar-refractivity contribution in [3.63, 3.8) is 0 Å². The van der Waals surface area contributed by atoms with Gasteiger partial charge in [-0.1, -0.05) is 170 Å². The molecule has 9 aromatic carbocycles. The molecule has 5 nitrogen and oxygen atoms in total. The van der Waals surface area contributed by atoms with Crippen molar-refractivity contribution >= 4 is 54.5 Å². The van der Waals surface area contributed by atoms with Gasteiger partial charge in [0.25, 0.3) is 0 Å². The van der Waals surface area contributed by atoms with E-state index in [1.807, 2.05) is 60.7 Å². The Morgan fingerprint density at radius 3 is 1.47 bits per heavy atom. The summed E-state index contributed by atoms with van der Waals surface area (Å²) in [5.74, 6) is 1.82. The first-order valence-electron chi connectivity index (χ1n) is 20.2. The van der Waals surface area contributed by atoms with Crippen LogP contribution in [-0.4, -0.2) is 19.5 Å². The van der Waals surface area contributed by atoms with E-state index >= 15 is 0 Å². The summed E-state index contributed by atoms with van der Waals surface area (Å²) in [6.45, 7) is 0. The van der Waals surface area contributed by atoms with E-state index in [0.717, 1.165) is 66.5 Å². The van der Waals surface area contributed by atoms with Gasteiger partial charge in [0.05, 0.1) is 16.7 Å². The Morgan fingerprint density at radius 2 is 0.833 bits per heavy atom. The first-order valence-corrected chi connectivity index (χ1v) is 20.2. The summed E-state index contributed by atoms with van der Waals surface area (Å²) in [6, 6.07) is 72.2. The minimum atomic E-state index is 0.584. The molecular weight excluding hydrogens is 733 g/mol. The van der Waals surface area contributed by atoms with Crippen molar-refractivity contribution < 1.29 is 4.42 Å². The summed E-state index contributed by atoms with van der Waals surface area (Å²) in [5, 5.41) is 7.00. The van der Waals surface area contributed by atoms with Crippen LogP contribution in [0.5, 0.6) is 0 Å². The topological polar surface area (TPSA) is 56.7 Å². The third-order valence-electron chi connectivity index (χ3n) is 11.6. The highest BCUT2D eigenvalue weighted by Gasteiger charge is 2.22. The molecule has 0 aliphatic carbocycles. The van der Waals surface area contributed by atoms with Crippen LogP contribution in [0.15, 0.2) is 211 Å². The smallest absolute Gasteiger partial charge is 0.164 e. The minimum absolute atomic E-state index is 0.584. The molecule has 12 aromatic rings. The fourth-order valence-electron chi connectivity index (χ4n) is 8.91. The van der Waals surface area contributed by atoms with E-state index in [-0.39, 0.29) is 0 Å². The van der Waals surface area contributed by atoms with Crippen LogP contribution in [0.2, 0.25) is 0 Å². The summed E-state index contributed by atoms with van der Waals surface area (Å²) in [4.78, 5) is 14.9. The zero-order valence-corrected chi connectivity index (χ0v) is 32.3. The minimum Gasteiger partial charge on any atom is -0.456 e. The van der Waals surface area contributed by atoms with Crippen LogP contribution < -0.4 is 0 Å². The van der Waals surface area contributed by atoms with E-state index in [2.05, 4.69) is 150 Å². The summed E-state index contributed by atoms with van der Waals surface area (Å²) in [6.07, 6.45) is 0. The zero-order chi connectivity index (χ0) is 39.6. The summed E-state index contributed by atoms with van der Waals surface area (Å²) < 4.78 is 9.36. The number of nitrogens with zero attached hydrogens (tertiary/aromatic N) is 4. The van der Waals surface area contributed by atoms with Crippen LogP contribution >= 0.6 is 0 Å². The third kappa shape index (κ3) is 5.52. The van der Waals surface area contributed by atoms with Crippen LogP contribution in [-0.2, 0) is 0 Å². The molecule has 12 rings (SSSR count). The highest BCUT2D eigenvalue weighted by atomic mass is 16.3. The van der Waals surface area contributed by atoms with Crippen molar-refractivity contribution in [2.45, 2.75) is 0 Å². The van der Waals surface area contributed by atoms with E-state index in [9.17, 15) is 0 Å². The highest BCUT2D eigenvalue weighted by molar-refractivity contribution is 6.24. The molecule has 0 aliphatic rings. The lowest BCUT2D eigenvalue weighted by Crippen LogP contribution is -2.00. The maximum atomic E-state index is 6.95. The summed E-state index contributed by atoms with van der Waals surface area (Å²) in [7, 11) is 0. The molecule has 60 heavy (non-hydrogen) atoms. The highest BCUT2D eigenvalue weighted by Crippen LogP contribution is 2.44. The fourth-order valence-corrected chi connectivity index (χ4v) is 8.91. The zero-order valence-electron chi connectivity index (χ0n) is 32.3. The normalized spacial score (nSPS) is 11.7. The van der Waals surface area contributed by atoms with E-state index < -0.39 is 0 Å². The molecule has 280 valence electrons. The Balaban J connectivity index is 1.11. The van der Waals surface area contributed by atoms with Gasteiger partial charge < -0.3 is 8.98 Å². The number of rotatable bonds is 6. The van der Waals surface area contributed by atoms with Crippen molar-refractivity contribution in [3.05, 3.63) is 206 Å². The quantitative estimate of drug-likeness (QED) is 0.169. The molecule has 0 amide bonds. The first-order chi connectivity index (χ1) is 29.7. The number of fused-ring (bicyclic) bond motifs is 8. The van der Waals surface area contributed by atoms with Gasteiger partial charge in [0.1, 0.15) is 11.2 Å². The maximum Gasteiger partial charge on any atom is 0.164 e. The molecule has 0 saturated carbocycles. The molecule has 5 heteroatoms. The second-order valence-corrected chi connectivity index (χ2v) is 15.2. The molecule has 0 radical (unpaired) electrons. The fraction of sp³-hybridized carbons (Fsp3) is 0. The van der Waals surface area contributed by atoms with Crippen LogP contribution in [0.1, 0.15) is 0 Å². The maximum absolute atomic E-state index is 6.95. The standard InChI is InChI=1S/C55H34N4O/c1-5-17-35(18-6-1)45-34-48-51(42-26-14-13-25-41(42)45)43-27-15-16-28-47(43)59(48)40-32-46(36-19-7-2-8-20-36)52-44-30-29-39(31-49(44)60-50(52)33-40)55-57-53(37-21-9-3-10-22-37)56-54(58-55)38-23-11-4-12-24-38/h1-34H. The van der Waals surface area contributed by atoms with Gasteiger partial charge in [-0.05, 0) is 63.4 Å². The lowest BCUT2D eigenvalue weighted by molar-refractivity contribution is 0.669. The van der Waals surface area contributed by atoms with Crippen molar-refractivity contribution in [2.24, 2.45) is 0 Å². The van der Waals surface area contributed by atoms with Gasteiger partial charge in [0.15, 0.2) is 17.5 Å². The van der Waals surface area contributed by atoms with Crippen molar-refractivity contribution in [1.29, 1.82) is 0 Å². The largest absolute Gasteiger partial charge is 0.456 e. The van der Waals surface area contributed by atoms with Gasteiger partial charge in [0.2, 0.25) is 0 Å². The molecule has 0 unspecified atom stereocenters.